The maximum Gasteiger partial charge on any atom is 0.339 e. The Morgan fingerprint density at radius 2 is 0.696 bits per heavy atom. The van der Waals surface area contributed by atoms with E-state index in [-0.39, 0.29) is 145 Å². The normalized spacial score (nSPS) is 11.3. The number of carbonyl (C=O) groups excluding carboxylic acids is 5. The Bertz CT molecular complexity index is 8890. The number of nitrogens with one attached hydrogen (secondary N) is 1. The first-order chi connectivity index (χ1) is 71.5. The van der Waals surface area contributed by atoms with E-state index in [0.717, 1.165) is 71.5 Å². The second-order valence-electron chi connectivity index (χ2n) is 33.4. The molecule has 8 N–H and O–H groups in total. The van der Waals surface area contributed by atoms with Crippen molar-refractivity contribution in [1.29, 1.82) is 0 Å². The monoisotopic (exact) mass is 2080 g/mol. The van der Waals surface area contributed by atoms with Gasteiger partial charge in [0.15, 0.2) is 51.5 Å². The zero-order valence-corrected chi connectivity index (χ0v) is 81.6. The van der Waals surface area contributed by atoms with Crippen LogP contribution in [0.25, 0.3) is 146 Å². The molecule has 33 heteroatoms. The highest BCUT2D eigenvalue weighted by molar-refractivity contribution is 7.15. The third-order valence-corrected chi connectivity index (χ3v) is 28.8. The van der Waals surface area contributed by atoms with E-state index in [0.29, 0.717) is 96.8 Å². The average Bonchev–Trinajstić information content (AvgIpc) is 1.61. The highest BCUT2D eigenvalue weighted by atomic mass is 35.5. The summed E-state index contributed by atoms with van der Waals surface area (Å²) in [6.07, 6.45) is 8.29. The van der Waals surface area contributed by atoms with Crippen molar-refractivity contribution in [2.75, 3.05) is 5.32 Å². The summed E-state index contributed by atoms with van der Waals surface area (Å²) in [5.41, 5.74) is 10.4. The minimum absolute atomic E-state index is 0.0178. The van der Waals surface area contributed by atoms with E-state index in [9.17, 15) is 88.1 Å². The van der Waals surface area contributed by atoms with Crippen LogP contribution in [0.15, 0.2) is 335 Å². The number of furan rings is 8. The van der Waals surface area contributed by atoms with Crippen molar-refractivity contribution in [2.45, 2.75) is 32.6 Å². The topological polar surface area (TPSA) is 429 Å². The van der Waals surface area contributed by atoms with Crippen molar-refractivity contribution in [2.24, 2.45) is 0 Å². The number of thiophene rings is 5. The van der Waals surface area contributed by atoms with Crippen LogP contribution in [0.4, 0.5) is 9.39 Å². The zero-order chi connectivity index (χ0) is 103. The average molecular weight is 2080 g/mol. The third kappa shape index (κ3) is 21.4. The Labute approximate surface area is 859 Å². The quantitative estimate of drug-likeness (QED) is 0.0233. The second kappa shape index (κ2) is 42.8. The molecule has 0 atom stereocenters. The lowest BCUT2D eigenvalue weighted by molar-refractivity contribution is 0.0685. The third-order valence-electron chi connectivity index (χ3n) is 23.7. The van der Waals surface area contributed by atoms with Gasteiger partial charge in [-0.2, -0.15) is 0 Å². The molecular formula is C115H73ClFNO25S5. The lowest BCUT2D eigenvalue weighted by Gasteiger charge is -2.04. The molecule has 13 heterocycles. The summed E-state index contributed by atoms with van der Waals surface area (Å²) in [7, 11) is 0. The second-order valence-corrected chi connectivity index (χ2v) is 38.5. The van der Waals surface area contributed by atoms with Gasteiger partial charge in [0, 0.05) is 121 Å². The number of hydrogen-bond donors (Lipinski definition) is 8. The molecule has 1 amide bonds. The molecule has 23 aromatic rings. The van der Waals surface area contributed by atoms with Crippen molar-refractivity contribution < 1.29 is 123 Å². The first kappa shape index (κ1) is 98.6. The van der Waals surface area contributed by atoms with Gasteiger partial charge in [0.1, 0.15) is 61.4 Å². The van der Waals surface area contributed by atoms with Crippen molar-refractivity contribution in [3.63, 3.8) is 0 Å². The fraction of sp³-hybridized carbons (Fsp3) is 0.0435. The van der Waals surface area contributed by atoms with Gasteiger partial charge in [-0.05, 0) is 178 Å². The summed E-state index contributed by atoms with van der Waals surface area (Å²) in [4.78, 5) is 125. The maximum atomic E-state index is 13.0. The first-order valence-electron chi connectivity index (χ1n) is 44.9. The number of anilines is 1. The number of Topliss-reactive ketones (excluding diaryl/α,β-unsaturated/α-hetero) is 4. The van der Waals surface area contributed by atoms with E-state index >= 15 is 0 Å². The standard InChI is InChI=1S/C24H16O6S.C23H15ClO4S.C23H15FO4S.C23H14O5S.C22H13NO6S/c1-12-4-2-5-13-9-19(30-22(12)13)17(26)10-20-21(24(27)28)15(11-31-20)18-8-14-6-3-7-16(25)23(14)29-18;2*24-17-9-6-14(7-10-17)5-8-16-13-29-21(22(16)23(26)27)12-18(25)20-11-15-3-1-2-4-19(15)28-20;24-17(20-10-14-3-1-2-4-19(14)28-20)11-21-22(23(25)26)16(12-29-21)13-5-6-18-15(9-13)7-8-27-18;24-14-6-3-5-12-9-16(29-19(12)14)13-10-30-21(18(13)22(26)27)23-20(25)17-8-11-4-1-2-7-15(11)28-17/h2-9,11,25H,10H2,1H3,(H,27,28);2*1-11,13H,12H2,(H,26,27);1-10,12H,11H2,(H,25,26);1-10,24H,(H,23,25)(H,26,27)/b;2*8-5+;;. The van der Waals surface area contributed by atoms with Crippen LogP contribution in [-0.2, 0) is 25.7 Å². The summed E-state index contributed by atoms with van der Waals surface area (Å²) >= 11 is 11.9. The van der Waals surface area contributed by atoms with E-state index in [1.165, 1.54) is 69.6 Å². The van der Waals surface area contributed by atoms with Crippen LogP contribution in [0.5, 0.6) is 11.5 Å². The Balaban J connectivity index is 0.000000116. The number of carboxylic acids is 5. The number of rotatable bonds is 26. The number of phenolic OH excluding ortho intramolecular Hbond substituents is 2. The highest BCUT2D eigenvalue weighted by Gasteiger charge is 2.31. The lowest BCUT2D eigenvalue weighted by atomic mass is 10.00. The van der Waals surface area contributed by atoms with Gasteiger partial charge in [-0.3, -0.25) is 24.0 Å². The van der Waals surface area contributed by atoms with Crippen molar-refractivity contribution >= 4 is 244 Å². The number of aromatic hydroxyl groups is 2. The van der Waals surface area contributed by atoms with Gasteiger partial charge in [0.05, 0.1) is 28.5 Å². The van der Waals surface area contributed by atoms with Gasteiger partial charge >= 0.3 is 29.8 Å². The van der Waals surface area contributed by atoms with E-state index in [1.54, 1.807) is 173 Å². The molecule has 26 nitrogen and oxygen atoms in total. The number of halogens is 2. The van der Waals surface area contributed by atoms with Crippen LogP contribution < -0.4 is 5.32 Å². The predicted octanol–water partition coefficient (Wildman–Crippen LogP) is 30.0. The van der Waals surface area contributed by atoms with Crippen LogP contribution >= 0.6 is 68.3 Å². The first-order valence-corrected chi connectivity index (χ1v) is 49.7. The largest absolute Gasteiger partial charge is 0.504 e. The number of carbonyl (C=O) groups is 10. The molecule has 0 aliphatic heterocycles. The fourth-order valence-corrected chi connectivity index (χ4v) is 21.6. The molecule has 0 saturated carbocycles. The Hall–Kier alpha value is -18.2. The number of aromatic carboxylic acids is 5. The van der Waals surface area contributed by atoms with Crippen LogP contribution in [-0.4, -0.2) is 94.6 Å². The van der Waals surface area contributed by atoms with Crippen LogP contribution in [0.3, 0.4) is 0 Å². The molecule has 0 unspecified atom stereocenters. The lowest BCUT2D eigenvalue weighted by Crippen LogP contribution is -2.12. The number of hydrogen-bond acceptors (Lipinski definition) is 25. The number of carboxylic acid groups (broad SMARTS) is 5. The van der Waals surface area contributed by atoms with E-state index in [2.05, 4.69) is 5.32 Å². The molecule has 0 spiro atoms. The molecule has 148 heavy (non-hydrogen) atoms. The number of benzene rings is 10. The molecule has 0 aliphatic rings. The Kier molecular flexibility index (Phi) is 28.5. The molecule has 0 bridgehead atoms. The molecule has 0 radical (unpaired) electrons. The van der Waals surface area contributed by atoms with E-state index < -0.39 is 35.8 Å². The van der Waals surface area contributed by atoms with Gasteiger partial charge in [0.2, 0.25) is 23.1 Å². The van der Waals surface area contributed by atoms with Gasteiger partial charge in [-0.25, -0.2) is 28.4 Å². The van der Waals surface area contributed by atoms with E-state index in [4.69, 9.17) is 46.9 Å². The number of phenols is 2. The molecular weight excluding hydrogens is 2010 g/mol. The summed E-state index contributed by atoms with van der Waals surface area (Å²) in [6, 6.07) is 76.9. The summed E-state index contributed by atoms with van der Waals surface area (Å²) in [6.45, 7) is 1.90. The number of amides is 1. The van der Waals surface area contributed by atoms with Gasteiger partial charge in [0.25, 0.3) is 5.91 Å². The van der Waals surface area contributed by atoms with Crippen molar-refractivity contribution in [3.8, 4) is 45.3 Å². The highest BCUT2D eigenvalue weighted by Crippen LogP contribution is 2.44. The van der Waals surface area contributed by atoms with E-state index in [1.807, 2.05) is 134 Å². The minimum atomic E-state index is -1.21. The molecule has 13 aromatic heterocycles. The van der Waals surface area contributed by atoms with Gasteiger partial charge in [-0.1, -0.05) is 181 Å². The number of ketones is 4. The Morgan fingerprint density at radius 1 is 0.331 bits per heavy atom. The van der Waals surface area contributed by atoms with Gasteiger partial charge < -0.3 is 76.4 Å². The molecule has 0 saturated heterocycles. The zero-order valence-electron chi connectivity index (χ0n) is 76.8. The van der Waals surface area contributed by atoms with Crippen LogP contribution in [0.2, 0.25) is 5.02 Å². The molecule has 23 rings (SSSR count). The smallest absolute Gasteiger partial charge is 0.339 e. The minimum Gasteiger partial charge on any atom is -0.504 e. The number of aryl methyl sites for hydroxylation is 1. The van der Waals surface area contributed by atoms with Crippen LogP contribution in [0, 0.1) is 12.7 Å². The molecule has 10 aromatic carbocycles. The summed E-state index contributed by atoms with van der Waals surface area (Å²) in [5.74, 6) is -6.04. The maximum absolute atomic E-state index is 13.0. The molecule has 0 aliphatic carbocycles. The van der Waals surface area contributed by atoms with Crippen LogP contribution in [0.1, 0.15) is 152 Å². The van der Waals surface area contributed by atoms with Crippen molar-refractivity contribution in [1.82, 2.24) is 0 Å². The fourth-order valence-electron chi connectivity index (χ4n) is 16.5. The SMILES string of the molecule is Cc1cccc2cc(C(=O)Cc3scc(-c4cc5cccc(O)c5o4)c3C(=O)O)oc12.O=C(Cc1scc(-c2ccc3occc3c2)c1C(=O)O)c1cc2ccccc2o1.O=C(Cc1scc(/C=C/c2ccc(Cl)cc2)c1C(=O)O)c1cc2ccccc2o1.O=C(Cc1scc(/C=C/c2ccc(F)cc2)c1C(=O)O)c1cc2ccccc2o1.O=C(Nc1scc(-c2cc3cccc(O)c3o2)c1C(=O)O)c1cc2ccccc2o1. The summed E-state index contributed by atoms with van der Waals surface area (Å²) < 4.78 is 57.9. The predicted molar refractivity (Wildman–Crippen MR) is 567 cm³/mol. The van der Waals surface area contributed by atoms with Gasteiger partial charge in [-0.15, -0.1) is 56.7 Å². The van der Waals surface area contributed by atoms with Crippen molar-refractivity contribution in [3.05, 3.63) is 415 Å². The molecule has 732 valence electrons. The number of fused-ring (bicyclic) bond motifs is 8. The molecule has 0 fully saturated rings. The summed E-state index contributed by atoms with van der Waals surface area (Å²) in [5, 5.41) is 86.9. The number of para-hydroxylation sites is 7. The Morgan fingerprint density at radius 3 is 1.14 bits per heavy atom.